The van der Waals surface area contributed by atoms with Crippen molar-refractivity contribution >= 4 is 9.76 Å². The van der Waals surface area contributed by atoms with Gasteiger partial charge in [0, 0.05) is 18.1 Å². The average Bonchev–Trinajstić information content (AvgIpc) is 1.94. The fourth-order valence-corrected chi connectivity index (χ4v) is 1.62. The zero-order chi connectivity index (χ0) is 9.45. The summed E-state index contributed by atoms with van der Waals surface area (Å²) < 4.78 is 5.50. The quantitative estimate of drug-likeness (QED) is 0.213. The minimum Gasteiger partial charge on any atom is -0.423 e. The van der Waals surface area contributed by atoms with Crippen LogP contribution in [-0.4, -0.2) is 22.9 Å². The van der Waals surface area contributed by atoms with E-state index in [1.54, 1.807) is 0 Å². The first-order valence-corrected chi connectivity index (χ1v) is 5.43. The second-order valence-electron chi connectivity index (χ2n) is 3.92. The van der Waals surface area contributed by atoms with Crippen LogP contribution < -0.4 is 0 Å². The van der Waals surface area contributed by atoms with Crippen LogP contribution in [0.3, 0.4) is 0 Å². The van der Waals surface area contributed by atoms with E-state index in [2.05, 4.69) is 30.8 Å². The van der Waals surface area contributed by atoms with Crippen molar-refractivity contribution in [1.29, 1.82) is 0 Å². The van der Waals surface area contributed by atoms with Gasteiger partial charge in [0.1, 0.15) is 0 Å². The molecule has 0 saturated carbocycles. The Morgan fingerprint density at radius 3 is 2.67 bits per heavy atom. The largest absolute Gasteiger partial charge is 0.423 e. The number of hydrogen-bond donors (Lipinski definition) is 0. The van der Waals surface area contributed by atoms with Crippen LogP contribution in [0.2, 0.25) is 5.04 Å². The molecule has 0 aromatic carbocycles. The van der Waals surface area contributed by atoms with Crippen molar-refractivity contribution in [3.8, 4) is 0 Å². The summed E-state index contributed by atoms with van der Waals surface area (Å²) in [5, 5.41) is 3.78. The second kappa shape index (κ2) is 6.05. The Morgan fingerprint density at radius 2 is 2.17 bits per heavy atom. The lowest BCUT2D eigenvalue weighted by Gasteiger charge is -2.16. The molecule has 4 nitrogen and oxygen atoms in total. The van der Waals surface area contributed by atoms with Crippen LogP contribution >= 0.6 is 0 Å². The molecule has 0 saturated heterocycles. The molecular weight excluding hydrogens is 170 g/mol. The lowest BCUT2D eigenvalue weighted by molar-refractivity contribution is 0.316. The Kier molecular flexibility index (Phi) is 5.79. The lowest BCUT2D eigenvalue weighted by atomic mass is 10.3. The van der Waals surface area contributed by atoms with Crippen LogP contribution in [0.1, 0.15) is 27.2 Å². The Bertz CT molecular complexity index is 161. The Hall–Kier alpha value is -0.513. The van der Waals surface area contributed by atoms with Crippen LogP contribution in [0.4, 0.5) is 0 Å². The van der Waals surface area contributed by atoms with Crippen molar-refractivity contribution in [3.63, 3.8) is 0 Å². The van der Waals surface area contributed by atoms with Crippen LogP contribution in [0.5, 0.6) is 0 Å². The van der Waals surface area contributed by atoms with Crippen LogP contribution in [0.15, 0.2) is 5.11 Å². The molecule has 0 rings (SSSR count). The SMILES string of the molecule is CC(C)(C)[SiH2]OCCCN=[N+]=[N-]. The van der Waals surface area contributed by atoms with Gasteiger partial charge in [-0.2, -0.15) is 0 Å². The first kappa shape index (κ1) is 11.5. The van der Waals surface area contributed by atoms with E-state index in [1.807, 2.05) is 0 Å². The molecular formula is C7H17N3OSi. The van der Waals surface area contributed by atoms with Gasteiger partial charge in [-0.05, 0) is 17.0 Å². The third kappa shape index (κ3) is 9.49. The molecule has 0 N–H and O–H groups in total. The average molecular weight is 187 g/mol. The van der Waals surface area contributed by atoms with E-state index < -0.39 is 9.76 Å². The van der Waals surface area contributed by atoms with Gasteiger partial charge in [0.2, 0.25) is 0 Å². The zero-order valence-corrected chi connectivity index (χ0v) is 9.49. The molecule has 70 valence electrons. The summed E-state index contributed by atoms with van der Waals surface area (Å²) in [6, 6.07) is 0. The number of nitrogens with zero attached hydrogens (tertiary/aromatic N) is 3. The fraction of sp³-hybridized carbons (Fsp3) is 1.00. The maximum Gasteiger partial charge on any atom is 0.166 e. The van der Waals surface area contributed by atoms with Crippen molar-refractivity contribution < 1.29 is 4.43 Å². The van der Waals surface area contributed by atoms with Gasteiger partial charge in [0.15, 0.2) is 9.76 Å². The molecule has 0 aromatic heterocycles. The lowest BCUT2D eigenvalue weighted by Crippen LogP contribution is -2.13. The maximum atomic E-state index is 7.98. The summed E-state index contributed by atoms with van der Waals surface area (Å²) in [6.45, 7) is 7.85. The molecule has 0 aromatic rings. The molecule has 0 fully saturated rings. The van der Waals surface area contributed by atoms with E-state index in [1.165, 1.54) is 0 Å². The monoisotopic (exact) mass is 187 g/mol. The topological polar surface area (TPSA) is 58.0 Å². The highest BCUT2D eigenvalue weighted by atomic mass is 28.2. The van der Waals surface area contributed by atoms with Gasteiger partial charge in [-0.1, -0.05) is 25.9 Å². The highest BCUT2D eigenvalue weighted by Gasteiger charge is 2.10. The predicted molar refractivity (Wildman–Crippen MR) is 52.8 cm³/mol. The molecule has 0 spiro atoms. The van der Waals surface area contributed by atoms with Crippen molar-refractivity contribution in [1.82, 2.24) is 0 Å². The van der Waals surface area contributed by atoms with Crippen molar-refractivity contribution in [3.05, 3.63) is 10.4 Å². The maximum absolute atomic E-state index is 7.98. The summed E-state index contributed by atoms with van der Waals surface area (Å²) in [6.07, 6.45) is 0.840. The third-order valence-electron chi connectivity index (χ3n) is 1.15. The van der Waals surface area contributed by atoms with Gasteiger partial charge in [0.05, 0.1) is 0 Å². The Labute approximate surface area is 75.9 Å². The summed E-state index contributed by atoms with van der Waals surface area (Å²) in [7, 11) is -0.419. The Balaban J connectivity index is 3.16. The molecule has 0 amide bonds. The normalized spacial score (nSPS) is 11.9. The molecule has 12 heavy (non-hydrogen) atoms. The highest BCUT2D eigenvalue weighted by molar-refractivity contribution is 6.31. The van der Waals surface area contributed by atoms with Crippen LogP contribution in [-0.2, 0) is 4.43 Å². The molecule has 0 bridgehead atoms. The minimum atomic E-state index is -0.419. The van der Waals surface area contributed by atoms with E-state index in [4.69, 9.17) is 9.96 Å². The second-order valence-corrected chi connectivity index (χ2v) is 6.74. The smallest absolute Gasteiger partial charge is 0.166 e. The van der Waals surface area contributed by atoms with E-state index in [9.17, 15) is 0 Å². The van der Waals surface area contributed by atoms with Gasteiger partial charge in [-0.15, -0.1) is 0 Å². The van der Waals surface area contributed by atoms with E-state index >= 15 is 0 Å². The van der Waals surface area contributed by atoms with E-state index in [0.29, 0.717) is 11.6 Å². The molecule has 5 heteroatoms. The summed E-state index contributed by atoms with van der Waals surface area (Å²) in [4.78, 5) is 2.66. The molecule has 0 radical (unpaired) electrons. The van der Waals surface area contributed by atoms with Gasteiger partial charge >= 0.3 is 0 Å². The third-order valence-corrected chi connectivity index (χ3v) is 2.50. The molecule has 0 heterocycles. The molecule has 0 aliphatic carbocycles. The first-order valence-electron chi connectivity index (χ1n) is 4.15. The van der Waals surface area contributed by atoms with Gasteiger partial charge in [-0.25, -0.2) is 0 Å². The number of azide groups is 1. The van der Waals surface area contributed by atoms with E-state index in [0.717, 1.165) is 13.0 Å². The van der Waals surface area contributed by atoms with Gasteiger partial charge in [-0.3, -0.25) is 0 Å². The van der Waals surface area contributed by atoms with Crippen LogP contribution in [0, 0.1) is 0 Å². The first-order chi connectivity index (χ1) is 5.56. The standard InChI is InChI=1S/C7H17N3OSi/c1-7(2,3)12-11-6-4-5-9-10-8/h4-6,12H2,1-3H3. The molecule has 0 aliphatic heterocycles. The highest BCUT2D eigenvalue weighted by Crippen LogP contribution is 2.19. The van der Waals surface area contributed by atoms with E-state index in [-0.39, 0.29) is 0 Å². The molecule has 0 unspecified atom stereocenters. The summed E-state index contributed by atoms with van der Waals surface area (Å²) in [5.41, 5.74) is 7.98. The van der Waals surface area contributed by atoms with Crippen molar-refractivity contribution in [2.45, 2.75) is 32.2 Å². The van der Waals surface area contributed by atoms with Gasteiger partial charge < -0.3 is 4.43 Å². The summed E-state index contributed by atoms with van der Waals surface area (Å²) in [5.74, 6) is 0. The number of hydrogen-bond acceptors (Lipinski definition) is 2. The van der Waals surface area contributed by atoms with Gasteiger partial charge in [0.25, 0.3) is 0 Å². The van der Waals surface area contributed by atoms with Crippen molar-refractivity contribution in [2.75, 3.05) is 13.2 Å². The number of rotatable bonds is 5. The van der Waals surface area contributed by atoms with Crippen LogP contribution in [0.25, 0.3) is 10.4 Å². The minimum absolute atomic E-state index is 0.360. The zero-order valence-electron chi connectivity index (χ0n) is 8.08. The molecule has 0 atom stereocenters. The Morgan fingerprint density at radius 1 is 1.50 bits per heavy atom. The predicted octanol–water partition coefficient (Wildman–Crippen LogP) is 2.01. The molecule has 0 aliphatic rings. The van der Waals surface area contributed by atoms with Crippen molar-refractivity contribution in [2.24, 2.45) is 5.11 Å². The fourth-order valence-electron chi connectivity index (χ4n) is 0.660. The summed E-state index contributed by atoms with van der Waals surface area (Å²) >= 11 is 0.